The van der Waals surface area contributed by atoms with E-state index in [1.165, 1.54) is 56.9 Å². The van der Waals surface area contributed by atoms with Crippen LogP contribution in [0.3, 0.4) is 0 Å². The third-order valence-electron chi connectivity index (χ3n) is 10.5. The summed E-state index contributed by atoms with van der Waals surface area (Å²) in [7, 11) is -4.23. The van der Waals surface area contributed by atoms with Crippen LogP contribution in [0.5, 0.6) is 0 Å². The van der Waals surface area contributed by atoms with E-state index in [2.05, 4.69) is 159 Å². The van der Waals surface area contributed by atoms with Crippen molar-refractivity contribution in [3.8, 4) is 0 Å². The van der Waals surface area contributed by atoms with Gasteiger partial charge in [-0.2, -0.15) is 4.58 Å². The standard InChI is InChI=1S/C44H50N2O3S/c1-6-7-17-30-45-37-28-26-33-20-13-15-22-35(33)41(37)43(2,3)39(45)24-11-9-8-10-12-25-40-44(4,5)42-36-23-16-14-21-34(36)27-29-38(42)46(40)31-18-19-32-50(47,48)49/h8-16,20-29H,6-7,17-19,30-32H2,1-5H3. The van der Waals surface area contributed by atoms with Gasteiger partial charge in [-0.3, -0.25) is 0 Å². The minimum Gasteiger partial charge on any atom is -0.748 e. The quantitative estimate of drug-likeness (QED) is 0.0608. The lowest BCUT2D eigenvalue weighted by Crippen LogP contribution is -2.28. The van der Waals surface area contributed by atoms with Crippen molar-refractivity contribution in [3.05, 3.63) is 132 Å². The summed E-state index contributed by atoms with van der Waals surface area (Å²) in [4.78, 5) is 2.53. The molecule has 0 spiro atoms. The number of rotatable bonds is 13. The first-order valence-electron chi connectivity index (χ1n) is 18.1. The van der Waals surface area contributed by atoms with E-state index in [-0.39, 0.29) is 16.6 Å². The van der Waals surface area contributed by atoms with Crippen molar-refractivity contribution < 1.29 is 17.5 Å². The Morgan fingerprint density at radius 2 is 1.36 bits per heavy atom. The maximum atomic E-state index is 11.3. The van der Waals surface area contributed by atoms with Gasteiger partial charge in [-0.05, 0) is 72.0 Å². The molecule has 0 atom stereocenters. The topological polar surface area (TPSA) is 63.5 Å². The summed E-state index contributed by atoms with van der Waals surface area (Å²) in [5, 5.41) is 5.05. The summed E-state index contributed by atoms with van der Waals surface area (Å²) in [6.07, 6.45) is 19.5. The molecule has 0 saturated heterocycles. The van der Waals surface area contributed by atoms with Crippen LogP contribution in [-0.4, -0.2) is 42.1 Å². The van der Waals surface area contributed by atoms with E-state index in [4.69, 9.17) is 0 Å². The molecule has 0 saturated carbocycles. The smallest absolute Gasteiger partial charge is 0.210 e. The Balaban J connectivity index is 1.26. The average Bonchev–Trinajstić information content (AvgIpc) is 3.44. The molecule has 0 bridgehead atoms. The predicted octanol–water partition coefficient (Wildman–Crippen LogP) is 10.2. The molecule has 0 N–H and O–H groups in total. The summed E-state index contributed by atoms with van der Waals surface area (Å²) in [6.45, 7) is 13.1. The molecule has 50 heavy (non-hydrogen) atoms. The van der Waals surface area contributed by atoms with Gasteiger partial charge in [-0.15, -0.1) is 0 Å². The van der Waals surface area contributed by atoms with E-state index in [0.717, 1.165) is 24.4 Å². The fraction of sp³-hybridized carbons (Fsp3) is 0.341. The third-order valence-corrected chi connectivity index (χ3v) is 11.3. The zero-order chi connectivity index (χ0) is 35.5. The van der Waals surface area contributed by atoms with Crippen LogP contribution in [0.2, 0.25) is 0 Å². The van der Waals surface area contributed by atoms with Crippen molar-refractivity contribution in [2.45, 2.75) is 77.6 Å². The summed E-state index contributed by atoms with van der Waals surface area (Å²) in [5.41, 5.74) is 7.26. The highest BCUT2D eigenvalue weighted by Gasteiger charge is 2.45. The maximum absolute atomic E-state index is 11.3. The molecule has 4 aromatic carbocycles. The molecule has 6 rings (SSSR count). The number of benzene rings is 4. The van der Waals surface area contributed by atoms with E-state index in [1.807, 2.05) is 0 Å². The Bertz CT molecular complexity index is 2170. The second-order valence-corrected chi connectivity index (χ2v) is 16.2. The van der Waals surface area contributed by atoms with Gasteiger partial charge in [0.1, 0.15) is 6.54 Å². The number of fused-ring (bicyclic) bond motifs is 6. The van der Waals surface area contributed by atoms with E-state index < -0.39 is 10.1 Å². The van der Waals surface area contributed by atoms with Crippen molar-refractivity contribution in [2.75, 3.05) is 23.7 Å². The molecule has 2 aliphatic rings. The number of anilines is 1. The van der Waals surface area contributed by atoms with Crippen molar-refractivity contribution in [1.82, 2.24) is 0 Å². The first-order valence-corrected chi connectivity index (χ1v) is 19.7. The van der Waals surface area contributed by atoms with Crippen LogP contribution in [0, 0.1) is 0 Å². The van der Waals surface area contributed by atoms with Gasteiger partial charge in [0.05, 0.1) is 15.5 Å². The highest BCUT2D eigenvalue weighted by atomic mass is 32.2. The summed E-state index contributed by atoms with van der Waals surface area (Å²) < 4.78 is 36.1. The maximum Gasteiger partial charge on any atom is 0.210 e. The SMILES string of the molecule is CCCCCN1/C(=C/C=C/C=C/C=C/C2=[N+](CCCCS(=O)(=O)[O-])c3ccc4ccccc4c3C2(C)C)C(C)(C)c2c1ccc1ccccc21. The molecule has 5 nitrogen and oxygen atoms in total. The van der Waals surface area contributed by atoms with Crippen molar-refractivity contribution in [1.29, 1.82) is 0 Å². The van der Waals surface area contributed by atoms with Gasteiger partial charge in [0.25, 0.3) is 0 Å². The molecule has 0 amide bonds. The highest BCUT2D eigenvalue weighted by molar-refractivity contribution is 7.85. The minimum absolute atomic E-state index is 0.123. The number of allylic oxidation sites excluding steroid dienone is 8. The Morgan fingerprint density at radius 1 is 0.720 bits per heavy atom. The average molecular weight is 687 g/mol. The van der Waals surface area contributed by atoms with Crippen molar-refractivity contribution in [3.63, 3.8) is 0 Å². The van der Waals surface area contributed by atoms with Gasteiger partial charge in [0.15, 0.2) is 5.71 Å². The highest BCUT2D eigenvalue weighted by Crippen LogP contribution is 2.51. The molecule has 2 aliphatic heterocycles. The Hall–Kier alpha value is -4.26. The molecule has 2 heterocycles. The molecule has 0 fully saturated rings. The number of hydrogen-bond donors (Lipinski definition) is 0. The zero-order valence-corrected chi connectivity index (χ0v) is 31.0. The predicted molar refractivity (Wildman–Crippen MR) is 210 cm³/mol. The summed E-state index contributed by atoms with van der Waals surface area (Å²) >= 11 is 0. The van der Waals surface area contributed by atoms with Crippen LogP contribution >= 0.6 is 0 Å². The molecular weight excluding hydrogens is 637 g/mol. The molecule has 260 valence electrons. The fourth-order valence-electron chi connectivity index (χ4n) is 8.11. The number of unbranched alkanes of at least 4 members (excludes halogenated alkanes) is 3. The molecular formula is C44H50N2O3S. The largest absolute Gasteiger partial charge is 0.748 e. The van der Waals surface area contributed by atoms with Crippen LogP contribution < -0.4 is 4.90 Å². The van der Waals surface area contributed by atoms with Crippen LogP contribution in [0.4, 0.5) is 11.4 Å². The molecule has 0 aliphatic carbocycles. The number of nitrogens with zero attached hydrogens (tertiary/aromatic N) is 2. The first-order chi connectivity index (χ1) is 23.9. The Morgan fingerprint density at radius 3 is 2.06 bits per heavy atom. The van der Waals surface area contributed by atoms with Gasteiger partial charge in [0.2, 0.25) is 5.69 Å². The minimum atomic E-state index is -4.23. The summed E-state index contributed by atoms with van der Waals surface area (Å²) in [6, 6.07) is 26.1. The second-order valence-electron chi connectivity index (χ2n) is 14.7. The lowest BCUT2D eigenvalue weighted by atomic mass is 9.79. The van der Waals surface area contributed by atoms with Crippen molar-refractivity contribution in [2.24, 2.45) is 0 Å². The monoisotopic (exact) mass is 686 g/mol. The Kier molecular flexibility index (Phi) is 10.3. The van der Waals surface area contributed by atoms with Crippen LogP contribution in [0.1, 0.15) is 77.8 Å². The molecule has 0 unspecified atom stereocenters. The number of hydrogen-bond acceptors (Lipinski definition) is 4. The molecule has 6 heteroatoms. The van der Waals surface area contributed by atoms with Crippen molar-refractivity contribution >= 4 is 48.7 Å². The van der Waals surface area contributed by atoms with Crippen LogP contribution in [-0.2, 0) is 20.9 Å². The van der Waals surface area contributed by atoms with Gasteiger partial charge >= 0.3 is 0 Å². The lowest BCUT2D eigenvalue weighted by Gasteiger charge is -2.27. The zero-order valence-electron chi connectivity index (χ0n) is 30.2. The van der Waals surface area contributed by atoms with Crippen LogP contribution in [0.25, 0.3) is 21.5 Å². The van der Waals surface area contributed by atoms with Gasteiger partial charge in [-0.25, -0.2) is 8.42 Å². The normalized spacial score (nSPS) is 17.8. The third kappa shape index (κ3) is 7.01. The Labute approximate surface area is 298 Å². The molecule has 0 radical (unpaired) electrons. The van der Waals surface area contributed by atoms with Gasteiger partial charge < -0.3 is 9.45 Å². The second kappa shape index (κ2) is 14.5. The first kappa shape index (κ1) is 35.6. The van der Waals surface area contributed by atoms with E-state index >= 15 is 0 Å². The fourth-order valence-corrected chi connectivity index (χ4v) is 8.66. The molecule has 0 aromatic heterocycles. The van der Waals surface area contributed by atoms with Gasteiger partial charge in [-0.1, -0.05) is 119 Å². The van der Waals surface area contributed by atoms with E-state index in [9.17, 15) is 13.0 Å². The van der Waals surface area contributed by atoms with E-state index in [0.29, 0.717) is 19.4 Å². The molecule has 4 aromatic rings. The van der Waals surface area contributed by atoms with Gasteiger partial charge in [0, 0.05) is 53.2 Å². The summed E-state index contributed by atoms with van der Waals surface area (Å²) in [5.74, 6) is -0.332. The van der Waals surface area contributed by atoms with E-state index in [1.54, 1.807) is 0 Å². The lowest BCUT2D eigenvalue weighted by molar-refractivity contribution is -0.438. The van der Waals surface area contributed by atoms with Crippen LogP contribution in [0.15, 0.2) is 121 Å².